The Morgan fingerprint density at radius 3 is 2.90 bits per heavy atom. The van der Waals surface area contributed by atoms with Crippen LogP contribution in [0.2, 0.25) is 0 Å². The number of rotatable bonds is 3. The molecule has 3 rings (SSSR count). The van der Waals surface area contributed by atoms with E-state index in [1.807, 2.05) is 25.1 Å². The summed E-state index contributed by atoms with van der Waals surface area (Å²) in [6, 6.07) is 5.63. The van der Waals surface area contributed by atoms with Crippen LogP contribution in [0.25, 0.3) is 0 Å². The van der Waals surface area contributed by atoms with Gasteiger partial charge >= 0.3 is 0 Å². The third kappa shape index (κ3) is 2.43. The number of nitrogens with two attached hydrogens (primary N) is 1. The van der Waals surface area contributed by atoms with E-state index in [1.165, 1.54) is 0 Å². The van der Waals surface area contributed by atoms with Gasteiger partial charge in [-0.1, -0.05) is 15.9 Å². The van der Waals surface area contributed by atoms with Gasteiger partial charge in [-0.3, -0.25) is 9.89 Å². The lowest BCUT2D eigenvalue weighted by Gasteiger charge is -2.06. The molecule has 1 heterocycles. The fourth-order valence-electron chi connectivity index (χ4n) is 2.13. The summed E-state index contributed by atoms with van der Waals surface area (Å²) in [5, 5.41) is 9.74. The molecule has 1 fully saturated rings. The number of aromatic amines is 1. The maximum absolute atomic E-state index is 12.2. The molecule has 0 spiro atoms. The number of aryl methyl sites for hydroxylation is 1. The van der Waals surface area contributed by atoms with Gasteiger partial charge in [0.1, 0.15) is 0 Å². The van der Waals surface area contributed by atoms with Gasteiger partial charge < -0.3 is 11.1 Å². The average molecular weight is 335 g/mol. The number of carbonyl (C=O) groups excluding carboxylic acids is 1. The quantitative estimate of drug-likeness (QED) is 0.805. The number of hydrogen-bond donors (Lipinski definition) is 3. The minimum atomic E-state index is -0.285. The molecule has 20 heavy (non-hydrogen) atoms. The molecule has 0 aliphatic heterocycles. The number of nitrogen functional groups attached to an aromatic ring is 1. The van der Waals surface area contributed by atoms with Crippen LogP contribution >= 0.6 is 15.9 Å². The van der Waals surface area contributed by atoms with Crippen LogP contribution in [0.4, 0.5) is 11.4 Å². The Morgan fingerprint density at radius 1 is 1.50 bits per heavy atom. The molecule has 2 aromatic rings. The van der Waals surface area contributed by atoms with E-state index in [0.717, 1.165) is 34.3 Å². The molecule has 1 aliphatic carbocycles. The molecule has 1 amide bonds. The second-order valence-corrected chi connectivity index (χ2v) is 5.95. The van der Waals surface area contributed by atoms with Gasteiger partial charge in [-0.25, -0.2) is 0 Å². The van der Waals surface area contributed by atoms with Crippen LogP contribution in [0, 0.1) is 6.92 Å². The summed E-state index contributed by atoms with van der Waals surface area (Å²) in [5.41, 5.74) is 9.40. The number of anilines is 2. The summed E-state index contributed by atoms with van der Waals surface area (Å²) in [4.78, 5) is 12.2. The zero-order valence-corrected chi connectivity index (χ0v) is 12.6. The Hall–Kier alpha value is -1.82. The lowest BCUT2D eigenvalue weighted by Crippen LogP contribution is -2.14. The van der Waals surface area contributed by atoms with Gasteiger partial charge in [-0.2, -0.15) is 5.10 Å². The molecular weight excluding hydrogens is 320 g/mol. The number of benzene rings is 1. The summed E-state index contributed by atoms with van der Waals surface area (Å²) in [5.74, 6) is 0.159. The first kappa shape index (κ1) is 13.2. The Labute approximate surface area is 125 Å². The van der Waals surface area contributed by atoms with Gasteiger partial charge in [0.25, 0.3) is 5.91 Å². The summed E-state index contributed by atoms with van der Waals surface area (Å²) in [7, 11) is 0. The van der Waals surface area contributed by atoms with E-state index in [-0.39, 0.29) is 11.6 Å². The van der Waals surface area contributed by atoms with Crippen LogP contribution < -0.4 is 11.1 Å². The lowest BCUT2D eigenvalue weighted by molar-refractivity contribution is 0.102. The smallest absolute Gasteiger partial charge is 0.278 e. The molecule has 1 aromatic carbocycles. The van der Waals surface area contributed by atoms with Crippen molar-refractivity contribution < 1.29 is 4.79 Å². The van der Waals surface area contributed by atoms with Crippen molar-refractivity contribution in [2.24, 2.45) is 0 Å². The lowest BCUT2D eigenvalue weighted by atomic mass is 10.2. The first-order valence-electron chi connectivity index (χ1n) is 6.47. The first-order valence-corrected chi connectivity index (χ1v) is 7.27. The average Bonchev–Trinajstić information content (AvgIpc) is 3.17. The van der Waals surface area contributed by atoms with Gasteiger partial charge in [0.05, 0.1) is 11.4 Å². The topological polar surface area (TPSA) is 83.8 Å². The van der Waals surface area contributed by atoms with Gasteiger partial charge in [0, 0.05) is 16.1 Å². The Kier molecular flexibility index (Phi) is 3.25. The molecule has 0 radical (unpaired) electrons. The number of hydrogen-bond acceptors (Lipinski definition) is 3. The number of nitrogens with one attached hydrogen (secondary N) is 2. The van der Waals surface area contributed by atoms with Crippen LogP contribution in [0.15, 0.2) is 22.7 Å². The largest absolute Gasteiger partial charge is 0.395 e. The molecule has 1 aromatic heterocycles. The molecule has 0 atom stereocenters. The second-order valence-electron chi connectivity index (χ2n) is 5.09. The minimum absolute atomic E-state index is 0.271. The van der Waals surface area contributed by atoms with E-state index >= 15 is 0 Å². The molecule has 1 aliphatic rings. The highest BCUT2D eigenvalue weighted by Gasteiger charge is 2.30. The highest BCUT2D eigenvalue weighted by Crippen LogP contribution is 2.42. The molecule has 0 bridgehead atoms. The summed E-state index contributed by atoms with van der Waals surface area (Å²) < 4.78 is 1.01. The van der Waals surface area contributed by atoms with E-state index in [2.05, 4.69) is 31.4 Å². The summed E-state index contributed by atoms with van der Waals surface area (Å²) in [6.45, 7) is 1.97. The fourth-order valence-corrected chi connectivity index (χ4v) is 2.38. The van der Waals surface area contributed by atoms with Crippen LogP contribution in [0.3, 0.4) is 0 Å². The third-order valence-electron chi connectivity index (χ3n) is 3.45. The van der Waals surface area contributed by atoms with Gasteiger partial charge in [0.15, 0.2) is 5.69 Å². The number of carbonyl (C=O) groups is 1. The van der Waals surface area contributed by atoms with Crippen LogP contribution in [0.5, 0.6) is 0 Å². The summed E-state index contributed by atoms with van der Waals surface area (Å²) >= 11 is 3.43. The van der Waals surface area contributed by atoms with Crippen molar-refractivity contribution in [1.82, 2.24) is 10.2 Å². The van der Waals surface area contributed by atoms with Gasteiger partial charge in [-0.15, -0.1) is 0 Å². The van der Waals surface area contributed by atoms with Crippen LogP contribution in [-0.4, -0.2) is 16.1 Å². The Morgan fingerprint density at radius 2 is 2.25 bits per heavy atom. The van der Waals surface area contributed by atoms with Crippen molar-refractivity contribution in [2.45, 2.75) is 25.7 Å². The maximum atomic E-state index is 12.2. The van der Waals surface area contributed by atoms with Crippen molar-refractivity contribution in [3.05, 3.63) is 39.6 Å². The second kappa shape index (κ2) is 4.94. The molecule has 5 nitrogen and oxygen atoms in total. The third-order valence-corrected chi connectivity index (χ3v) is 4.34. The van der Waals surface area contributed by atoms with Gasteiger partial charge in [0.2, 0.25) is 0 Å². The number of aromatic nitrogens is 2. The van der Waals surface area contributed by atoms with E-state index in [1.54, 1.807) is 0 Å². The Balaban J connectivity index is 1.80. The highest BCUT2D eigenvalue weighted by molar-refractivity contribution is 9.10. The molecule has 4 N–H and O–H groups in total. The molecule has 6 heteroatoms. The van der Waals surface area contributed by atoms with E-state index in [0.29, 0.717) is 11.6 Å². The molecule has 104 valence electrons. The normalized spacial score (nSPS) is 14.3. The van der Waals surface area contributed by atoms with Crippen molar-refractivity contribution >= 4 is 33.2 Å². The Bertz CT molecular complexity index is 676. The molecule has 0 unspecified atom stereocenters. The fraction of sp³-hybridized carbons (Fsp3) is 0.286. The zero-order chi connectivity index (χ0) is 14.3. The number of H-pyrrole nitrogens is 1. The van der Waals surface area contributed by atoms with Crippen LogP contribution in [0.1, 0.15) is 40.5 Å². The standard InChI is InChI=1S/C14H15BrN4O/c1-7-6-9(4-5-10(7)15)17-14(20)13-11(16)12(18-19-13)8-2-3-8/h4-6,8H,2-3,16H2,1H3,(H,17,20)(H,18,19). The zero-order valence-electron chi connectivity index (χ0n) is 11.0. The van der Waals surface area contributed by atoms with Crippen LogP contribution in [-0.2, 0) is 0 Å². The first-order chi connectivity index (χ1) is 9.56. The number of nitrogens with zero attached hydrogens (tertiary/aromatic N) is 1. The van der Waals surface area contributed by atoms with Gasteiger partial charge in [-0.05, 0) is 43.5 Å². The SMILES string of the molecule is Cc1cc(NC(=O)c2n[nH]c(C3CC3)c2N)ccc1Br. The van der Waals surface area contributed by atoms with E-state index in [9.17, 15) is 4.79 Å². The van der Waals surface area contributed by atoms with Crippen molar-refractivity contribution in [1.29, 1.82) is 0 Å². The van der Waals surface area contributed by atoms with Crippen molar-refractivity contribution in [3.63, 3.8) is 0 Å². The molecular formula is C14H15BrN4O. The predicted octanol–water partition coefficient (Wildman–Crippen LogP) is 3.19. The number of amides is 1. The molecule has 0 saturated heterocycles. The minimum Gasteiger partial charge on any atom is -0.395 e. The van der Waals surface area contributed by atoms with E-state index < -0.39 is 0 Å². The maximum Gasteiger partial charge on any atom is 0.278 e. The summed E-state index contributed by atoms with van der Waals surface area (Å²) in [6.07, 6.45) is 2.22. The highest BCUT2D eigenvalue weighted by atomic mass is 79.9. The monoisotopic (exact) mass is 334 g/mol. The molecule has 1 saturated carbocycles. The van der Waals surface area contributed by atoms with E-state index in [4.69, 9.17) is 5.73 Å². The van der Waals surface area contributed by atoms with Crippen molar-refractivity contribution in [3.8, 4) is 0 Å². The predicted molar refractivity (Wildman–Crippen MR) is 81.8 cm³/mol. The number of halogens is 1. The van der Waals surface area contributed by atoms with Crippen molar-refractivity contribution in [2.75, 3.05) is 11.1 Å².